The van der Waals surface area contributed by atoms with Crippen molar-refractivity contribution in [2.45, 2.75) is 39.8 Å². The minimum absolute atomic E-state index is 0.0774. The Kier molecular flexibility index (Phi) is 5.56. The molecule has 0 fully saturated rings. The van der Waals surface area contributed by atoms with E-state index in [1.807, 2.05) is 55.9 Å². The van der Waals surface area contributed by atoms with Gasteiger partial charge in [-0.15, -0.1) is 0 Å². The molecule has 0 spiro atoms. The van der Waals surface area contributed by atoms with Crippen LogP contribution in [0, 0.1) is 13.8 Å². The topological polar surface area (TPSA) is 64.7 Å². The normalized spacial score (nSPS) is 12.2. The molecule has 3 aromatic rings. The maximum absolute atomic E-state index is 12.7. The van der Waals surface area contributed by atoms with Crippen LogP contribution in [0.5, 0.6) is 0 Å². The molecular formula is C19H22BrN5O. The molecule has 0 bridgehead atoms. The molecule has 1 atom stereocenters. The van der Waals surface area contributed by atoms with Gasteiger partial charge in [-0.1, -0.05) is 19.1 Å². The van der Waals surface area contributed by atoms with E-state index < -0.39 is 0 Å². The van der Waals surface area contributed by atoms with E-state index in [1.165, 1.54) is 0 Å². The summed E-state index contributed by atoms with van der Waals surface area (Å²) < 4.78 is 4.50. The Bertz CT molecular complexity index is 914. The molecule has 1 aromatic carbocycles. The lowest BCUT2D eigenvalue weighted by molar-refractivity contribution is -0.119. The second-order valence-corrected chi connectivity index (χ2v) is 7.25. The van der Waals surface area contributed by atoms with Crippen LogP contribution in [0.4, 0.5) is 5.69 Å². The quantitative estimate of drug-likeness (QED) is 0.658. The number of nitrogens with one attached hydrogen (secondary N) is 1. The molecule has 26 heavy (non-hydrogen) atoms. The van der Waals surface area contributed by atoms with E-state index in [-0.39, 0.29) is 11.9 Å². The predicted octanol–water partition coefficient (Wildman–Crippen LogP) is 4.10. The summed E-state index contributed by atoms with van der Waals surface area (Å²) in [6.07, 6.45) is 4.16. The SMILES string of the molecule is CCC(C(=O)Nc1cccc(Cn2nc(C)cc2C)c1)n1cc(Br)cn1. The fourth-order valence-electron chi connectivity index (χ4n) is 2.96. The second kappa shape index (κ2) is 7.86. The minimum atomic E-state index is -0.346. The molecule has 0 aliphatic rings. The molecule has 1 unspecified atom stereocenters. The molecule has 0 saturated carbocycles. The highest BCUT2D eigenvalue weighted by molar-refractivity contribution is 9.10. The molecule has 136 valence electrons. The van der Waals surface area contributed by atoms with Crippen molar-refractivity contribution in [3.8, 4) is 0 Å². The Morgan fingerprint density at radius 3 is 2.73 bits per heavy atom. The number of anilines is 1. The van der Waals surface area contributed by atoms with Gasteiger partial charge in [0.05, 0.1) is 22.9 Å². The monoisotopic (exact) mass is 415 g/mol. The van der Waals surface area contributed by atoms with Crippen molar-refractivity contribution in [3.63, 3.8) is 0 Å². The third kappa shape index (κ3) is 4.22. The van der Waals surface area contributed by atoms with Gasteiger partial charge in [-0.3, -0.25) is 14.2 Å². The fourth-order valence-corrected chi connectivity index (χ4v) is 3.26. The van der Waals surface area contributed by atoms with Crippen molar-refractivity contribution in [2.75, 3.05) is 5.32 Å². The Balaban J connectivity index is 1.73. The lowest BCUT2D eigenvalue weighted by atomic mass is 10.1. The number of carbonyl (C=O) groups is 1. The Morgan fingerprint density at radius 2 is 2.12 bits per heavy atom. The van der Waals surface area contributed by atoms with Crippen molar-refractivity contribution >= 4 is 27.5 Å². The summed E-state index contributed by atoms with van der Waals surface area (Å²) in [5, 5.41) is 11.7. The Hall–Kier alpha value is -2.41. The molecule has 0 aliphatic carbocycles. The van der Waals surface area contributed by atoms with E-state index in [2.05, 4.69) is 37.5 Å². The van der Waals surface area contributed by atoms with Crippen LogP contribution >= 0.6 is 15.9 Å². The lowest BCUT2D eigenvalue weighted by Crippen LogP contribution is -2.26. The smallest absolute Gasteiger partial charge is 0.249 e. The maximum atomic E-state index is 12.7. The Labute approximate surface area is 161 Å². The zero-order chi connectivity index (χ0) is 18.7. The number of hydrogen-bond acceptors (Lipinski definition) is 3. The van der Waals surface area contributed by atoms with E-state index in [0.29, 0.717) is 13.0 Å². The number of aryl methyl sites for hydroxylation is 2. The van der Waals surface area contributed by atoms with Gasteiger partial charge >= 0.3 is 0 Å². The second-order valence-electron chi connectivity index (χ2n) is 6.34. The van der Waals surface area contributed by atoms with Crippen LogP contribution in [-0.2, 0) is 11.3 Å². The molecule has 7 heteroatoms. The Morgan fingerprint density at radius 1 is 1.31 bits per heavy atom. The number of rotatable bonds is 6. The average molecular weight is 416 g/mol. The summed E-state index contributed by atoms with van der Waals surface area (Å²) in [7, 11) is 0. The summed E-state index contributed by atoms with van der Waals surface area (Å²) in [5.74, 6) is -0.0774. The summed E-state index contributed by atoms with van der Waals surface area (Å²) in [6, 6.07) is 9.57. The molecule has 3 rings (SSSR count). The molecular weight excluding hydrogens is 394 g/mol. The molecule has 1 N–H and O–H groups in total. The van der Waals surface area contributed by atoms with Crippen LogP contribution in [0.1, 0.15) is 36.3 Å². The van der Waals surface area contributed by atoms with Gasteiger partial charge < -0.3 is 5.32 Å². The predicted molar refractivity (Wildman–Crippen MR) is 105 cm³/mol. The standard InChI is InChI=1S/C19H22BrN5O/c1-4-18(25-12-16(20)10-21-25)19(26)22-17-7-5-6-15(9-17)11-24-14(3)8-13(2)23-24/h5-10,12,18H,4,11H2,1-3H3,(H,22,26). The average Bonchev–Trinajstić information content (AvgIpc) is 3.14. The zero-order valence-corrected chi connectivity index (χ0v) is 16.7. The highest BCUT2D eigenvalue weighted by atomic mass is 79.9. The number of amides is 1. The zero-order valence-electron chi connectivity index (χ0n) is 15.1. The van der Waals surface area contributed by atoms with Crippen molar-refractivity contribution in [1.29, 1.82) is 0 Å². The van der Waals surface area contributed by atoms with Crippen LogP contribution in [0.15, 0.2) is 47.2 Å². The molecule has 1 amide bonds. The number of aromatic nitrogens is 4. The summed E-state index contributed by atoms with van der Waals surface area (Å²) >= 11 is 3.37. The van der Waals surface area contributed by atoms with Crippen LogP contribution in [0.25, 0.3) is 0 Å². The van der Waals surface area contributed by atoms with E-state index in [0.717, 1.165) is 27.1 Å². The highest BCUT2D eigenvalue weighted by Gasteiger charge is 2.19. The van der Waals surface area contributed by atoms with Gasteiger partial charge in [0, 0.05) is 17.6 Å². The van der Waals surface area contributed by atoms with Crippen molar-refractivity contribution < 1.29 is 4.79 Å². The van der Waals surface area contributed by atoms with E-state index in [9.17, 15) is 4.79 Å². The number of carbonyl (C=O) groups excluding carboxylic acids is 1. The van der Waals surface area contributed by atoms with Gasteiger partial charge in [-0.05, 0) is 60.0 Å². The number of hydrogen-bond donors (Lipinski definition) is 1. The first-order chi connectivity index (χ1) is 12.5. The van der Waals surface area contributed by atoms with Crippen LogP contribution in [-0.4, -0.2) is 25.5 Å². The van der Waals surface area contributed by atoms with Crippen LogP contribution in [0.2, 0.25) is 0 Å². The van der Waals surface area contributed by atoms with Gasteiger partial charge in [-0.25, -0.2) is 0 Å². The minimum Gasteiger partial charge on any atom is -0.324 e. The summed E-state index contributed by atoms with van der Waals surface area (Å²) in [5.41, 5.74) is 3.98. The van der Waals surface area contributed by atoms with Gasteiger partial charge in [0.25, 0.3) is 0 Å². The van der Waals surface area contributed by atoms with Gasteiger partial charge in [0.2, 0.25) is 5.91 Å². The largest absolute Gasteiger partial charge is 0.324 e. The van der Waals surface area contributed by atoms with Gasteiger partial charge in [0.1, 0.15) is 6.04 Å². The molecule has 2 aromatic heterocycles. The third-order valence-corrected chi connectivity index (χ3v) is 4.62. The molecule has 6 nitrogen and oxygen atoms in total. The lowest BCUT2D eigenvalue weighted by Gasteiger charge is -2.16. The third-order valence-electron chi connectivity index (χ3n) is 4.21. The van der Waals surface area contributed by atoms with Gasteiger partial charge in [-0.2, -0.15) is 10.2 Å². The maximum Gasteiger partial charge on any atom is 0.249 e. The molecule has 0 saturated heterocycles. The van der Waals surface area contributed by atoms with Crippen molar-refractivity contribution in [2.24, 2.45) is 0 Å². The van der Waals surface area contributed by atoms with E-state index in [1.54, 1.807) is 10.9 Å². The van der Waals surface area contributed by atoms with Crippen LogP contribution in [0.3, 0.4) is 0 Å². The summed E-state index contributed by atoms with van der Waals surface area (Å²) in [6.45, 7) is 6.67. The fraction of sp³-hybridized carbons (Fsp3) is 0.316. The number of halogens is 1. The highest BCUT2D eigenvalue weighted by Crippen LogP contribution is 2.19. The summed E-state index contributed by atoms with van der Waals surface area (Å²) in [4.78, 5) is 12.7. The van der Waals surface area contributed by atoms with E-state index >= 15 is 0 Å². The molecule has 2 heterocycles. The molecule has 0 radical (unpaired) electrons. The number of nitrogens with zero attached hydrogens (tertiary/aromatic N) is 4. The van der Waals surface area contributed by atoms with Crippen molar-refractivity contribution in [1.82, 2.24) is 19.6 Å². The van der Waals surface area contributed by atoms with E-state index in [4.69, 9.17) is 0 Å². The first-order valence-corrected chi connectivity index (χ1v) is 9.36. The van der Waals surface area contributed by atoms with Crippen LogP contribution < -0.4 is 5.32 Å². The van der Waals surface area contributed by atoms with Crippen molar-refractivity contribution in [3.05, 3.63) is 64.1 Å². The first-order valence-electron chi connectivity index (χ1n) is 8.56. The number of benzene rings is 1. The first kappa shape index (κ1) is 18.4. The molecule has 0 aliphatic heterocycles. The van der Waals surface area contributed by atoms with Gasteiger partial charge in [0.15, 0.2) is 0 Å².